The van der Waals surface area contributed by atoms with Gasteiger partial charge in [0.05, 0.1) is 0 Å². The minimum absolute atomic E-state index is 0.124. The maximum absolute atomic E-state index is 6.30. The highest BCUT2D eigenvalue weighted by Crippen LogP contribution is 2.33. The van der Waals surface area contributed by atoms with Crippen LogP contribution < -0.4 is 5.73 Å². The van der Waals surface area contributed by atoms with Crippen LogP contribution >= 0.6 is 23.4 Å². The third-order valence-electron chi connectivity index (χ3n) is 2.94. The molecule has 0 saturated heterocycles. The molecule has 0 aliphatic heterocycles. The van der Waals surface area contributed by atoms with E-state index in [-0.39, 0.29) is 6.04 Å². The van der Waals surface area contributed by atoms with Crippen molar-refractivity contribution in [2.45, 2.75) is 35.9 Å². The molecule has 102 valence electrons. The number of benzene rings is 1. The van der Waals surface area contributed by atoms with Crippen LogP contribution in [0.2, 0.25) is 5.02 Å². The van der Waals surface area contributed by atoms with E-state index in [0.717, 1.165) is 33.5 Å². The van der Waals surface area contributed by atoms with Crippen molar-refractivity contribution in [3.63, 3.8) is 0 Å². The van der Waals surface area contributed by atoms with E-state index in [0.29, 0.717) is 0 Å². The summed E-state index contributed by atoms with van der Waals surface area (Å²) in [7, 11) is 1.92. The number of nitrogens with two attached hydrogens (primary N) is 1. The monoisotopic (exact) mass is 296 g/mol. The summed E-state index contributed by atoms with van der Waals surface area (Å²) in [5, 5.41) is 9.57. The quantitative estimate of drug-likeness (QED) is 0.922. The van der Waals surface area contributed by atoms with Gasteiger partial charge in [0.25, 0.3) is 0 Å². The van der Waals surface area contributed by atoms with E-state index >= 15 is 0 Å². The Balaban J connectivity index is 2.29. The van der Waals surface area contributed by atoms with Crippen molar-refractivity contribution >= 4 is 23.4 Å². The van der Waals surface area contributed by atoms with Gasteiger partial charge >= 0.3 is 0 Å². The molecule has 1 aromatic carbocycles. The van der Waals surface area contributed by atoms with E-state index in [1.54, 1.807) is 18.1 Å². The van der Waals surface area contributed by atoms with Crippen LogP contribution in [0.15, 0.2) is 34.6 Å². The first kappa shape index (κ1) is 14.4. The molecule has 0 aliphatic rings. The highest BCUT2D eigenvalue weighted by Gasteiger charge is 2.13. The second kappa shape index (κ2) is 6.41. The van der Waals surface area contributed by atoms with Crippen molar-refractivity contribution in [2.24, 2.45) is 12.8 Å². The Labute approximate surface area is 122 Å². The second-order valence-corrected chi connectivity index (χ2v) is 5.83. The van der Waals surface area contributed by atoms with Crippen molar-refractivity contribution in [1.82, 2.24) is 14.8 Å². The van der Waals surface area contributed by atoms with Gasteiger partial charge in [-0.25, -0.2) is 0 Å². The lowest BCUT2D eigenvalue weighted by Gasteiger charge is -2.14. The molecule has 4 nitrogen and oxygen atoms in total. The normalized spacial score (nSPS) is 12.6. The number of rotatable bonds is 5. The highest BCUT2D eigenvalue weighted by atomic mass is 35.5. The third kappa shape index (κ3) is 3.49. The average molecular weight is 297 g/mol. The van der Waals surface area contributed by atoms with Gasteiger partial charge in [0.1, 0.15) is 6.33 Å². The summed E-state index contributed by atoms with van der Waals surface area (Å²) in [4.78, 5) is 1.09. The predicted molar refractivity (Wildman–Crippen MR) is 78.5 cm³/mol. The second-order valence-electron chi connectivity index (χ2n) is 4.42. The van der Waals surface area contributed by atoms with Gasteiger partial charge in [0, 0.05) is 23.0 Å². The van der Waals surface area contributed by atoms with Gasteiger partial charge in [-0.15, -0.1) is 10.2 Å². The summed E-state index contributed by atoms with van der Waals surface area (Å²) in [6.45, 7) is 2.08. The Morgan fingerprint density at radius 3 is 2.89 bits per heavy atom. The van der Waals surface area contributed by atoms with Crippen LogP contribution in [0.4, 0.5) is 0 Å². The summed E-state index contributed by atoms with van der Waals surface area (Å²) in [5.74, 6) is 0. The summed E-state index contributed by atoms with van der Waals surface area (Å²) in [6.07, 6.45) is 3.39. The minimum Gasteiger partial charge on any atom is -0.327 e. The fraction of sp³-hybridized carbons (Fsp3) is 0.385. The Kier molecular flexibility index (Phi) is 4.85. The number of hydrogen-bond donors (Lipinski definition) is 1. The van der Waals surface area contributed by atoms with E-state index in [1.807, 2.05) is 29.8 Å². The molecule has 19 heavy (non-hydrogen) atoms. The molecule has 2 aromatic rings. The average Bonchev–Trinajstić information content (AvgIpc) is 2.79. The number of halogens is 1. The maximum atomic E-state index is 6.30. The van der Waals surface area contributed by atoms with Crippen molar-refractivity contribution in [3.05, 3.63) is 35.1 Å². The van der Waals surface area contributed by atoms with Gasteiger partial charge in [-0.05, 0) is 42.3 Å². The molecule has 1 unspecified atom stereocenters. The molecule has 1 aromatic heterocycles. The lowest BCUT2D eigenvalue weighted by Crippen LogP contribution is -2.21. The molecule has 0 aliphatic carbocycles. The Bertz CT molecular complexity index is 555. The molecule has 0 bridgehead atoms. The molecule has 0 amide bonds. The van der Waals surface area contributed by atoms with Gasteiger partial charge in [0.15, 0.2) is 5.16 Å². The van der Waals surface area contributed by atoms with Gasteiger partial charge in [0.2, 0.25) is 0 Å². The number of hydrogen-bond acceptors (Lipinski definition) is 4. The van der Waals surface area contributed by atoms with Crippen LogP contribution in [0, 0.1) is 0 Å². The SMILES string of the molecule is CCC(N)Cc1c(Cl)cccc1Sc1nncn1C. The summed E-state index contributed by atoms with van der Waals surface area (Å²) in [5.41, 5.74) is 7.13. The third-order valence-corrected chi connectivity index (χ3v) is 4.45. The predicted octanol–water partition coefficient (Wildman–Crippen LogP) is 2.90. The zero-order valence-corrected chi connectivity index (χ0v) is 12.6. The van der Waals surface area contributed by atoms with Crippen LogP contribution in [-0.4, -0.2) is 20.8 Å². The molecule has 0 radical (unpaired) electrons. The van der Waals surface area contributed by atoms with Gasteiger partial charge < -0.3 is 10.3 Å². The zero-order valence-electron chi connectivity index (χ0n) is 11.0. The molecular weight excluding hydrogens is 280 g/mol. The van der Waals surface area contributed by atoms with Gasteiger partial charge in [-0.2, -0.15) is 0 Å². The highest BCUT2D eigenvalue weighted by molar-refractivity contribution is 7.99. The largest absolute Gasteiger partial charge is 0.327 e. The summed E-state index contributed by atoms with van der Waals surface area (Å²) >= 11 is 7.86. The van der Waals surface area contributed by atoms with Gasteiger partial charge in [-0.1, -0.05) is 24.6 Å². The molecule has 6 heteroatoms. The summed E-state index contributed by atoms with van der Waals surface area (Å²) in [6, 6.07) is 6.02. The van der Waals surface area contributed by atoms with E-state index in [4.69, 9.17) is 17.3 Å². The topological polar surface area (TPSA) is 56.7 Å². The Morgan fingerprint density at radius 2 is 2.26 bits per heavy atom. The zero-order chi connectivity index (χ0) is 13.8. The maximum Gasteiger partial charge on any atom is 0.195 e. The number of nitrogens with zero attached hydrogens (tertiary/aromatic N) is 3. The molecule has 2 rings (SSSR count). The lowest BCUT2D eigenvalue weighted by molar-refractivity contribution is 0.641. The first-order valence-electron chi connectivity index (χ1n) is 6.16. The van der Waals surface area contributed by atoms with Gasteiger partial charge in [-0.3, -0.25) is 0 Å². The first-order valence-corrected chi connectivity index (χ1v) is 7.36. The van der Waals surface area contributed by atoms with Crippen LogP contribution in [-0.2, 0) is 13.5 Å². The Hall–Kier alpha value is -1.04. The first-order chi connectivity index (χ1) is 9.11. The number of aromatic nitrogens is 3. The smallest absolute Gasteiger partial charge is 0.195 e. The molecular formula is C13H17ClN4S. The van der Waals surface area contributed by atoms with E-state index in [9.17, 15) is 0 Å². The standard InChI is InChI=1S/C13H17ClN4S/c1-3-9(15)7-10-11(14)5-4-6-12(10)19-13-17-16-8-18(13)2/h4-6,8-9H,3,7,15H2,1-2H3. The number of aryl methyl sites for hydroxylation is 1. The molecule has 0 saturated carbocycles. The molecule has 1 atom stereocenters. The van der Waals surface area contributed by atoms with Crippen LogP contribution in [0.3, 0.4) is 0 Å². The summed E-state index contributed by atoms with van der Waals surface area (Å²) < 4.78 is 1.88. The molecule has 0 fully saturated rings. The van der Waals surface area contributed by atoms with Crippen molar-refractivity contribution in [2.75, 3.05) is 0 Å². The van der Waals surface area contributed by atoms with Crippen LogP contribution in [0.5, 0.6) is 0 Å². The fourth-order valence-electron chi connectivity index (χ4n) is 1.70. The van der Waals surface area contributed by atoms with E-state index in [2.05, 4.69) is 17.1 Å². The van der Waals surface area contributed by atoms with Crippen molar-refractivity contribution in [3.8, 4) is 0 Å². The van der Waals surface area contributed by atoms with E-state index in [1.165, 1.54) is 0 Å². The van der Waals surface area contributed by atoms with Crippen molar-refractivity contribution in [1.29, 1.82) is 0 Å². The fourth-order valence-corrected chi connectivity index (χ4v) is 2.95. The molecule has 1 heterocycles. The van der Waals surface area contributed by atoms with Crippen molar-refractivity contribution < 1.29 is 0 Å². The Morgan fingerprint density at radius 1 is 1.47 bits per heavy atom. The van der Waals surface area contributed by atoms with E-state index < -0.39 is 0 Å². The van der Waals surface area contributed by atoms with Crippen LogP contribution in [0.25, 0.3) is 0 Å². The van der Waals surface area contributed by atoms with Crippen LogP contribution in [0.1, 0.15) is 18.9 Å². The molecule has 2 N–H and O–H groups in total. The minimum atomic E-state index is 0.124. The lowest BCUT2D eigenvalue weighted by atomic mass is 10.0. The molecule has 0 spiro atoms.